The number of hydrogen-bond donors (Lipinski definition) is 1. The molecule has 11 nitrogen and oxygen atoms in total. The Labute approximate surface area is 206 Å². The fourth-order valence-corrected chi connectivity index (χ4v) is 3.20. The molecular weight excluding hydrogens is 472 g/mol. The molecule has 2 aromatic carbocycles. The molecule has 3 rings (SSSR count). The van der Waals surface area contributed by atoms with Crippen LogP contribution in [-0.2, 0) is 25.6 Å². The lowest BCUT2D eigenvalue weighted by Crippen LogP contribution is -2.21. The average molecular weight is 496 g/mol. The van der Waals surface area contributed by atoms with E-state index in [1.165, 1.54) is 38.5 Å². The molecule has 0 aliphatic heterocycles. The maximum atomic E-state index is 12.6. The molecule has 0 bridgehead atoms. The number of hydrogen-bond acceptors (Lipinski definition) is 10. The number of carbonyl (C=O) groups is 4. The molecule has 3 aromatic rings. The van der Waals surface area contributed by atoms with Gasteiger partial charge in [0.05, 0.1) is 36.6 Å². The van der Waals surface area contributed by atoms with Crippen molar-refractivity contribution in [2.24, 2.45) is 0 Å². The van der Waals surface area contributed by atoms with Gasteiger partial charge in [0.25, 0.3) is 5.91 Å². The van der Waals surface area contributed by atoms with E-state index >= 15 is 0 Å². The number of anilines is 1. The van der Waals surface area contributed by atoms with Crippen molar-refractivity contribution >= 4 is 29.5 Å². The van der Waals surface area contributed by atoms with Crippen molar-refractivity contribution in [3.05, 3.63) is 76.2 Å². The van der Waals surface area contributed by atoms with Gasteiger partial charge in [0.2, 0.25) is 0 Å². The molecule has 0 radical (unpaired) electrons. The molecule has 0 saturated heterocycles. The molecule has 0 saturated carbocycles. The van der Waals surface area contributed by atoms with Crippen molar-refractivity contribution < 1.29 is 42.6 Å². The fraction of sp³-hybridized carbons (Fsp3) is 0.240. The molecule has 188 valence electrons. The summed E-state index contributed by atoms with van der Waals surface area (Å²) in [4.78, 5) is 48.9. The van der Waals surface area contributed by atoms with Gasteiger partial charge in [0, 0.05) is 5.69 Å². The molecule has 1 amide bonds. The second-order valence-corrected chi connectivity index (χ2v) is 7.49. The highest BCUT2D eigenvalue weighted by molar-refractivity contribution is 6.00. The lowest BCUT2D eigenvalue weighted by molar-refractivity contribution is -0.119. The van der Waals surface area contributed by atoms with Crippen molar-refractivity contribution in [2.75, 3.05) is 26.1 Å². The van der Waals surface area contributed by atoms with E-state index in [1.807, 2.05) is 0 Å². The first-order valence-corrected chi connectivity index (χ1v) is 10.7. The van der Waals surface area contributed by atoms with Crippen molar-refractivity contribution in [1.82, 2.24) is 5.16 Å². The maximum absolute atomic E-state index is 12.6. The van der Waals surface area contributed by atoms with E-state index in [0.717, 1.165) is 5.56 Å². The molecule has 0 aliphatic rings. The minimum atomic E-state index is -0.780. The number of methoxy groups -OCH3 is 2. The Kier molecular flexibility index (Phi) is 8.39. The van der Waals surface area contributed by atoms with Crippen LogP contribution in [0.1, 0.15) is 48.1 Å². The predicted octanol–water partition coefficient (Wildman–Crippen LogP) is 3.24. The van der Waals surface area contributed by atoms with E-state index in [-0.39, 0.29) is 34.7 Å². The van der Waals surface area contributed by atoms with Crippen LogP contribution in [0.15, 0.2) is 47.0 Å². The summed E-state index contributed by atoms with van der Waals surface area (Å²) < 4.78 is 25.4. The molecule has 1 aromatic heterocycles. The van der Waals surface area contributed by atoms with Gasteiger partial charge < -0.3 is 28.8 Å². The van der Waals surface area contributed by atoms with Gasteiger partial charge in [-0.2, -0.15) is 0 Å². The number of para-hydroxylation sites is 1. The second-order valence-electron chi connectivity index (χ2n) is 7.49. The molecule has 0 aliphatic carbocycles. The third kappa shape index (κ3) is 6.26. The Balaban J connectivity index is 1.66. The number of benzene rings is 2. The molecule has 0 unspecified atom stereocenters. The smallest absolute Gasteiger partial charge is 0.342 e. The summed E-state index contributed by atoms with van der Waals surface area (Å²) >= 11 is 0. The average Bonchev–Trinajstić information content (AvgIpc) is 3.21. The molecule has 0 fully saturated rings. The number of aryl methyl sites for hydroxylation is 2. The Hall–Kier alpha value is -4.67. The Morgan fingerprint density at radius 2 is 1.56 bits per heavy atom. The first-order chi connectivity index (χ1) is 17.2. The summed E-state index contributed by atoms with van der Waals surface area (Å²) in [5, 5.41) is 6.34. The van der Waals surface area contributed by atoms with E-state index in [4.69, 9.17) is 14.0 Å². The van der Waals surface area contributed by atoms with Crippen molar-refractivity contribution in [3.63, 3.8) is 0 Å². The van der Waals surface area contributed by atoms with Crippen LogP contribution in [0, 0.1) is 13.8 Å². The summed E-state index contributed by atoms with van der Waals surface area (Å²) in [6.45, 7) is 3.04. The number of rotatable bonds is 9. The van der Waals surface area contributed by atoms with Crippen LogP contribution in [-0.4, -0.2) is 49.8 Å². The normalized spacial score (nSPS) is 10.3. The van der Waals surface area contributed by atoms with Gasteiger partial charge in [-0.15, -0.1) is 0 Å². The Morgan fingerprint density at radius 1 is 0.917 bits per heavy atom. The quantitative estimate of drug-likeness (QED) is 0.346. The summed E-state index contributed by atoms with van der Waals surface area (Å²) in [7, 11) is 2.36. The standard InChI is InChI=1S/C25H24N2O9/c1-14-20(15(2)36-27-14)12-34-21-8-6-5-7-19(21)25(31)35-13-22(28)26-18-10-16(23(29)32-3)9-17(11-18)24(30)33-4/h5-11H,12-13H2,1-4H3,(H,26,28). The van der Waals surface area contributed by atoms with Crippen LogP contribution >= 0.6 is 0 Å². The molecular formula is C25H24N2O9. The first kappa shape index (κ1) is 25.9. The van der Waals surface area contributed by atoms with E-state index in [2.05, 4.69) is 19.9 Å². The largest absolute Gasteiger partial charge is 0.488 e. The van der Waals surface area contributed by atoms with Crippen LogP contribution in [0.5, 0.6) is 5.75 Å². The SMILES string of the molecule is COC(=O)c1cc(NC(=O)COC(=O)c2ccccc2OCc2c(C)noc2C)cc(C(=O)OC)c1. The highest BCUT2D eigenvalue weighted by Gasteiger charge is 2.19. The maximum Gasteiger partial charge on any atom is 0.342 e. The minimum Gasteiger partial charge on any atom is -0.488 e. The van der Waals surface area contributed by atoms with E-state index < -0.39 is 30.4 Å². The number of nitrogens with one attached hydrogen (secondary N) is 1. The number of esters is 3. The highest BCUT2D eigenvalue weighted by atomic mass is 16.5. The zero-order valence-electron chi connectivity index (χ0n) is 20.1. The van der Waals surface area contributed by atoms with Gasteiger partial charge in [-0.25, -0.2) is 14.4 Å². The van der Waals surface area contributed by atoms with Gasteiger partial charge in [-0.3, -0.25) is 4.79 Å². The van der Waals surface area contributed by atoms with Gasteiger partial charge in [0.15, 0.2) is 6.61 Å². The third-order valence-electron chi connectivity index (χ3n) is 5.05. The number of ether oxygens (including phenoxy) is 4. The van der Waals surface area contributed by atoms with Gasteiger partial charge in [-0.1, -0.05) is 17.3 Å². The van der Waals surface area contributed by atoms with Crippen LogP contribution in [0.3, 0.4) is 0 Å². The molecule has 36 heavy (non-hydrogen) atoms. The van der Waals surface area contributed by atoms with Crippen LogP contribution in [0.2, 0.25) is 0 Å². The van der Waals surface area contributed by atoms with Crippen LogP contribution < -0.4 is 10.1 Å². The van der Waals surface area contributed by atoms with E-state index in [9.17, 15) is 19.2 Å². The van der Waals surface area contributed by atoms with E-state index in [1.54, 1.807) is 32.0 Å². The predicted molar refractivity (Wildman–Crippen MR) is 125 cm³/mol. The van der Waals surface area contributed by atoms with Crippen molar-refractivity contribution in [3.8, 4) is 5.75 Å². The van der Waals surface area contributed by atoms with Gasteiger partial charge in [-0.05, 0) is 44.2 Å². The van der Waals surface area contributed by atoms with E-state index in [0.29, 0.717) is 11.5 Å². The summed E-state index contributed by atoms with van der Waals surface area (Å²) in [5.74, 6) is -2.03. The molecule has 1 heterocycles. The van der Waals surface area contributed by atoms with Crippen LogP contribution in [0.25, 0.3) is 0 Å². The van der Waals surface area contributed by atoms with Crippen molar-refractivity contribution in [2.45, 2.75) is 20.5 Å². The lowest BCUT2D eigenvalue weighted by Gasteiger charge is -2.12. The summed E-state index contributed by atoms with van der Waals surface area (Å²) in [6.07, 6.45) is 0. The number of amides is 1. The number of aromatic nitrogens is 1. The molecule has 0 atom stereocenters. The Morgan fingerprint density at radius 3 is 2.14 bits per heavy atom. The number of carbonyl (C=O) groups excluding carboxylic acids is 4. The Bertz CT molecular complexity index is 1240. The fourth-order valence-electron chi connectivity index (χ4n) is 3.20. The molecule has 11 heteroatoms. The molecule has 0 spiro atoms. The third-order valence-corrected chi connectivity index (χ3v) is 5.05. The summed E-state index contributed by atoms with van der Waals surface area (Å²) in [5.41, 5.74) is 1.73. The first-order valence-electron chi connectivity index (χ1n) is 10.7. The topological polar surface area (TPSA) is 143 Å². The second kappa shape index (κ2) is 11.6. The lowest BCUT2D eigenvalue weighted by atomic mass is 10.1. The number of nitrogens with zero attached hydrogens (tertiary/aromatic N) is 1. The van der Waals surface area contributed by atoms with Crippen LogP contribution in [0.4, 0.5) is 5.69 Å². The minimum absolute atomic E-state index is 0.0251. The highest BCUT2D eigenvalue weighted by Crippen LogP contribution is 2.22. The molecule has 1 N–H and O–H groups in total. The van der Waals surface area contributed by atoms with Crippen molar-refractivity contribution in [1.29, 1.82) is 0 Å². The zero-order chi connectivity index (χ0) is 26.2. The van der Waals surface area contributed by atoms with Gasteiger partial charge in [0.1, 0.15) is 23.7 Å². The van der Waals surface area contributed by atoms with Gasteiger partial charge >= 0.3 is 17.9 Å². The monoisotopic (exact) mass is 496 g/mol. The zero-order valence-corrected chi connectivity index (χ0v) is 20.1. The summed E-state index contributed by atoms with van der Waals surface area (Å²) in [6, 6.07) is 10.3.